The van der Waals surface area contributed by atoms with Gasteiger partial charge in [0.1, 0.15) is 0 Å². The van der Waals surface area contributed by atoms with Crippen LogP contribution in [0, 0.1) is 6.92 Å². The molecule has 0 aliphatic carbocycles. The molecule has 16 heavy (non-hydrogen) atoms. The smallest absolute Gasteiger partial charge is 0.0684 e. The maximum Gasteiger partial charge on any atom is 0.0684 e. The van der Waals surface area contributed by atoms with Gasteiger partial charge in [-0.3, -0.25) is 4.68 Å². The molecule has 3 nitrogen and oxygen atoms in total. The van der Waals surface area contributed by atoms with Crippen molar-refractivity contribution in [2.24, 2.45) is 5.73 Å². The zero-order valence-corrected chi connectivity index (χ0v) is 9.77. The number of hydrogen-bond acceptors (Lipinski definition) is 2. The van der Waals surface area contributed by atoms with E-state index in [2.05, 4.69) is 30.2 Å². The van der Waals surface area contributed by atoms with Crippen LogP contribution in [0.5, 0.6) is 0 Å². The Morgan fingerprint density at radius 3 is 2.81 bits per heavy atom. The molecule has 0 saturated heterocycles. The molecule has 0 aliphatic rings. The maximum atomic E-state index is 5.65. The van der Waals surface area contributed by atoms with Gasteiger partial charge in [-0.15, -0.1) is 0 Å². The maximum absolute atomic E-state index is 5.65. The average molecular weight is 215 g/mol. The van der Waals surface area contributed by atoms with Crippen LogP contribution < -0.4 is 5.73 Å². The largest absolute Gasteiger partial charge is 0.326 e. The molecule has 2 aromatic rings. The summed E-state index contributed by atoms with van der Waals surface area (Å²) in [7, 11) is 0. The zero-order valence-electron chi connectivity index (χ0n) is 9.77. The lowest BCUT2D eigenvalue weighted by atomic mass is 10.1. The van der Waals surface area contributed by atoms with Crippen LogP contribution in [0.3, 0.4) is 0 Å². The van der Waals surface area contributed by atoms with Crippen molar-refractivity contribution in [1.82, 2.24) is 9.78 Å². The molecule has 0 unspecified atom stereocenters. The van der Waals surface area contributed by atoms with Crippen molar-refractivity contribution in [1.29, 1.82) is 0 Å². The molecule has 0 aliphatic heterocycles. The van der Waals surface area contributed by atoms with Crippen molar-refractivity contribution in [2.75, 3.05) is 0 Å². The van der Waals surface area contributed by atoms with E-state index in [0.29, 0.717) is 6.54 Å². The van der Waals surface area contributed by atoms with E-state index in [4.69, 9.17) is 5.73 Å². The van der Waals surface area contributed by atoms with E-state index in [-0.39, 0.29) is 0 Å². The first-order valence-corrected chi connectivity index (χ1v) is 5.58. The van der Waals surface area contributed by atoms with Crippen LogP contribution in [0.2, 0.25) is 0 Å². The molecule has 0 bridgehead atoms. The van der Waals surface area contributed by atoms with Gasteiger partial charge in [-0.1, -0.05) is 18.2 Å². The summed E-state index contributed by atoms with van der Waals surface area (Å²) in [5.41, 5.74) is 10.2. The van der Waals surface area contributed by atoms with Gasteiger partial charge in [0, 0.05) is 18.7 Å². The number of aryl methyl sites for hydroxylation is 2. The van der Waals surface area contributed by atoms with Gasteiger partial charge in [-0.2, -0.15) is 5.10 Å². The highest BCUT2D eigenvalue weighted by Gasteiger charge is 2.06. The number of hydrogen-bond donors (Lipinski definition) is 1. The van der Waals surface area contributed by atoms with Crippen molar-refractivity contribution < 1.29 is 0 Å². The van der Waals surface area contributed by atoms with Gasteiger partial charge in [0.05, 0.1) is 11.4 Å². The molecule has 1 heterocycles. The molecule has 84 valence electrons. The van der Waals surface area contributed by atoms with E-state index in [1.165, 1.54) is 5.56 Å². The predicted molar refractivity (Wildman–Crippen MR) is 66.0 cm³/mol. The Morgan fingerprint density at radius 2 is 2.12 bits per heavy atom. The third-order valence-corrected chi connectivity index (χ3v) is 2.66. The summed E-state index contributed by atoms with van der Waals surface area (Å²) in [6, 6.07) is 10.4. The van der Waals surface area contributed by atoms with Gasteiger partial charge in [-0.25, -0.2) is 0 Å². The van der Waals surface area contributed by atoms with E-state index in [1.54, 1.807) is 0 Å². The first-order valence-electron chi connectivity index (χ1n) is 5.58. The molecule has 0 fully saturated rings. The topological polar surface area (TPSA) is 43.8 Å². The van der Waals surface area contributed by atoms with Gasteiger partial charge in [-0.05, 0) is 31.5 Å². The van der Waals surface area contributed by atoms with Gasteiger partial charge < -0.3 is 5.73 Å². The van der Waals surface area contributed by atoms with Crippen molar-refractivity contribution in [3.05, 3.63) is 41.6 Å². The first-order chi connectivity index (χ1) is 7.74. The Hall–Kier alpha value is -1.61. The second kappa shape index (κ2) is 4.49. The van der Waals surface area contributed by atoms with E-state index in [9.17, 15) is 0 Å². The van der Waals surface area contributed by atoms with E-state index < -0.39 is 0 Å². The second-order valence-electron chi connectivity index (χ2n) is 3.89. The number of nitrogens with two attached hydrogens (primary N) is 1. The molecule has 2 rings (SSSR count). The highest BCUT2D eigenvalue weighted by molar-refractivity contribution is 5.61. The van der Waals surface area contributed by atoms with Crippen molar-refractivity contribution in [3.63, 3.8) is 0 Å². The van der Waals surface area contributed by atoms with Crippen LogP contribution in [-0.2, 0) is 13.1 Å². The lowest BCUT2D eigenvalue weighted by Crippen LogP contribution is -2.00. The fourth-order valence-corrected chi connectivity index (χ4v) is 1.88. The Morgan fingerprint density at radius 1 is 1.31 bits per heavy atom. The van der Waals surface area contributed by atoms with E-state index in [0.717, 1.165) is 23.5 Å². The molecular formula is C13H17N3. The van der Waals surface area contributed by atoms with Gasteiger partial charge in [0.25, 0.3) is 0 Å². The normalized spacial score (nSPS) is 10.7. The molecule has 0 radical (unpaired) electrons. The number of benzene rings is 1. The van der Waals surface area contributed by atoms with E-state index in [1.807, 2.05) is 23.7 Å². The average Bonchev–Trinajstić information content (AvgIpc) is 2.70. The zero-order chi connectivity index (χ0) is 11.5. The lowest BCUT2D eigenvalue weighted by Gasteiger charge is -2.06. The third-order valence-electron chi connectivity index (χ3n) is 2.66. The first kappa shape index (κ1) is 10.9. The van der Waals surface area contributed by atoms with Crippen LogP contribution in [0.25, 0.3) is 11.3 Å². The van der Waals surface area contributed by atoms with Gasteiger partial charge in [0.2, 0.25) is 0 Å². The monoisotopic (exact) mass is 215 g/mol. The molecule has 0 saturated carbocycles. The SMILES string of the molecule is CCn1nc(C)cc1-c1cccc(CN)c1. The predicted octanol–water partition coefficient (Wildman–Crippen LogP) is 2.34. The Bertz CT molecular complexity index is 486. The van der Waals surface area contributed by atoms with Crippen LogP contribution in [0.4, 0.5) is 0 Å². The van der Waals surface area contributed by atoms with Crippen molar-refractivity contribution >= 4 is 0 Å². The van der Waals surface area contributed by atoms with Crippen LogP contribution in [0.1, 0.15) is 18.2 Å². The summed E-state index contributed by atoms with van der Waals surface area (Å²) in [6.45, 7) is 5.58. The minimum Gasteiger partial charge on any atom is -0.326 e. The molecule has 0 spiro atoms. The lowest BCUT2D eigenvalue weighted by molar-refractivity contribution is 0.660. The van der Waals surface area contributed by atoms with Crippen molar-refractivity contribution in [3.8, 4) is 11.3 Å². The van der Waals surface area contributed by atoms with Crippen LogP contribution >= 0.6 is 0 Å². The fourth-order valence-electron chi connectivity index (χ4n) is 1.88. The quantitative estimate of drug-likeness (QED) is 0.854. The van der Waals surface area contributed by atoms with Crippen molar-refractivity contribution in [2.45, 2.75) is 26.9 Å². The summed E-state index contributed by atoms with van der Waals surface area (Å²) >= 11 is 0. The molecule has 1 aromatic carbocycles. The summed E-state index contributed by atoms with van der Waals surface area (Å²) in [5, 5.41) is 4.45. The standard InChI is InChI=1S/C13H17N3/c1-3-16-13(7-10(2)15-16)12-6-4-5-11(8-12)9-14/h4-8H,3,9,14H2,1-2H3. The molecule has 0 amide bonds. The van der Waals surface area contributed by atoms with Crippen LogP contribution in [-0.4, -0.2) is 9.78 Å². The molecule has 1 aromatic heterocycles. The summed E-state index contributed by atoms with van der Waals surface area (Å²) < 4.78 is 2.02. The summed E-state index contributed by atoms with van der Waals surface area (Å²) in [6.07, 6.45) is 0. The number of aromatic nitrogens is 2. The number of nitrogens with zero attached hydrogens (tertiary/aromatic N) is 2. The summed E-state index contributed by atoms with van der Waals surface area (Å²) in [4.78, 5) is 0. The molecule has 0 atom stereocenters. The Kier molecular flexibility index (Phi) is 3.06. The molecular weight excluding hydrogens is 198 g/mol. The Labute approximate surface area is 95.9 Å². The molecule has 3 heteroatoms. The number of rotatable bonds is 3. The highest BCUT2D eigenvalue weighted by atomic mass is 15.3. The van der Waals surface area contributed by atoms with E-state index >= 15 is 0 Å². The minimum atomic E-state index is 0.576. The van der Waals surface area contributed by atoms with Gasteiger partial charge >= 0.3 is 0 Å². The third kappa shape index (κ3) is 1.99. The highest BCUT2D eigenvalue weighted by Crippen LogP contribution is 2.21. The summed E-state index contributed by atoms with van der Waals surface area (Å²) in [5.74, 6) is 0. The van der Waals surface area contributed by atoms with Crippen LogP contribution in [0.15, 0.2) is 30.3 Å². The van der Waals surface area contributed by atoms with Gasteiger partial charge in [0.15, 0.2) is 0 Å². The Balaban J connectivity index is 2.48. The fraction of sp³-hybridized carbons (Fsp3) is 0.308. The second-order valence-corrected chi connectivity index (χ2v) is 3.89. The minimum absolute atomic E-state index is 0.576. The molecule has 2 N–H and O–H groups in total.